The summed E-state index contributed by atoms with van der Waals surface area (Å²) < 4.78 is 5.72. The summed E-state index contributed by atoms with van der Waals surface area (Å²) in [6, 6.07) is 13.5. The normalized spacial score (nSPS) is 17.6. The second kappa shape index (κ2) is 4.71. The van der Waals surface area contributed by atoms with Gasteiger partial charge in [0.05, 0.1) is 11.7 Å². The Balaban J connectivity index is 1.86. The number of benzene rings is 2. The van der Waals surface area contributed by atoms with E-state index in [0.717, 1.165) is 22.0 Å². The van der Waals surface area contributed by atoms with E-state index >= 15 is 0 Å². The third-order valence-electron chi connectivity index (χ3n) is 2.95. The number of halogens is 2. The zero-order chi connectivity index (χ0) is 12.5. The second-order valence-electron chi connectivity index (χ2n) is 4.20. The van der Waals surface area contributed by atoms with Crippen LogP contribution in [0.3, 0.4) is 0 Å². The van der Waals surface area contributed by atoms with Gasteiger partial charge in [0, 0.05) is 16.1 Å². The van der Waals surface area contributed by atoms with Gasteiger partial charge in [-0.1, -0.05) is 35.3 Å². The minimum absolute atomic E-state index is 0.135. The highest BCUT2D eigenvalue weighted by Gasteiger charge is 2.20. The van der Waals surface area contributed by atoms with E-state index in [4.69, 9.17) is 27.9 Å². The molecule has 1 N–H and O–H groups in total. The average Bonchev–Trinajstić information content (AvgIpc) is 2.39. The summed E-state index contributed by atoms with van der Waals surface area (Å²) in [5.74, 6) is 0.799. The quantitative estimate of drug-likeness (QED) is 0.828. The highest BCUT2D eigenvalue weighted by atomic mass is 35.5. The smallest absolute Gasteiger partial charge is 0.144 e. The fourth-order valence-corrected chi connectivity index (χ4v) is 2.30. The lowest BCUT2D eigenvalue weighted by Gasteiger charge is -2.28. The van der Waals surface area contributed by atoms with Crippen LogP contribution in [0.25, 0.3) is 0 Å². The molecule has 92 valence electrons. The summed E-state index contributed by atoms with van der Waals surface area (Å²) in [7, 11) is 0. The van der Waals surface area contributed by atoms with Gasteiger partial charge in [0.15, 0.2) is 0 Å². The van der Waals surface area contributed by atoms with E-state index in [1.165, 1.54) is 0 Å². The predicted octanol–water partition coefficient (Wildman–Crippen LogP) is 4.54. The van der Waals surface area contributed by atoms with Crippen molar-refractivity contribution in [1.29, 1.82) is 0 Å². The minimum Gasteiger partial charge on any atom is -0.489 e. The van der Waals surface area contributed by atoms with E-state index in [1.807, 2.05) is 42.5 Å². The summed E-state index contributed by atoms with van der Waals surface area (Å²) in [5, 5.41) is 4.85. The molecule has 4 heteroatoms. The number of nitrogens with one attached hydrogen (secondary N) is 1. The molecule has 0 saturated heterocycles. The van der Waals surface area contributed by atoms with Gasteiger partial charge in [-0.25, -0.2) is 0 Å². The number of fused-ring (bicyclic) bond motifs is 1. The van der Waals surface area contributed by atoms with Crippen LogP contribution < -0.4 is 10.1 Å². The minimum atomic E-state index is 0.135. The SMILES string of the molecule is Clc1ccc(C2COc3cc(Cl)ccc3N2)cc1. The zero-order valence-electron chi connectivity index (χ0n) is 9.49. The maximum Gasteiger partial charge on any atom is 0.144 e. The molecule has 1 unspecified atom stereocenters. The van der Waals surface area contributed by atoms with Crippen LogP contribution in [0.5, 0.6) is 5.75 Å². The van der Waals surface area contributed by atoms with Crippen molar-refractivity contribution in [2.24, 2.45) is 0 Å². The van der Waals surface area contributed by atoms with Gasteiger partial charge in [0.25, 0.3) is 0 Å². The predicted molar refractivity (Wildman–Crippen MR) is 74.8 cm³/mol. The first-order valence-electron chi connectivity index (χ1n) is 5.67. The lowest BCUT2D eigenvalue weighted by Crippen LogP contribution is -2.23. The lowest BCUT2D eigenvalue weighted by molar-refractivity contribution is 0.286. The molecule has 0 aliphatic carbocycles. The van der Waals surface area contributed by atoms with Crippen LogP contribution in [0.1, 0.15) is 11.6 Å². The summed E-state index contributed by atoms with van der Waals surface area (Å²) >= 11 is 11.8. The van der Waals surface area contributed by atoms with Crippen molar-refractivity contribution in [1.82, 2.24) is 0 Å². The molecule has 0 bridgehead atoms. The van der Waals surface area contributed by atoms with Crippen molar-refractivity contribution in [2.45, 2.75) is 6.04 Å². The van der Waals surface area contributed by atoms with Gasteiger partial charge in [0.2, 0.25) is 0 Å². The molecule has 0 saturated carbocycles. The molecule has 2 aromatic rings. The Morgan fingerprint density at radius 1 is 1.00 bits per heavy atom. The molecule has 0 aromatic heterocycles. The average molecular weight is 280 g/mol. The van der Waals surface area contributed by atoms with E-state index in [-0.39, 0.29) is 6.04 Å². The van der Waals surface area contributed by atoms with Crippen molar-refractivity contribution in [3.8, 4) is 5.75 Å². The summed E-state index contributed by atoms with van der Waals surface area (Å²) in [6.07, 6.45) is 0. The van der Waals surface area contributed by atoms with Crippen LogP contribution in [0.15, 0.2) is 42.5 Å². The molecule has 2 nitrogen and oxygen atoms in total. The highest BCUT2D eigenvalue weighted by molar-refractivity contribution is 6.31. The topological polar surface area (TPSA) is 21.3 Å². The molecule has 0 radical (unpaired) electrons. The van der Waals surface area contributed by atoms with Crippen LogP contribution in [-0.2, 0) is 0 Å². The van der Waals surface area contributed by atoms with Crippen molar-refractivity contribution in [3.63, 3.8) is 0 Å². The van der Waals surface area contributed by atoms with Gasteiger partial charge in [-0.15, -0.1) is 0 Å². The number of hydrogen-bond acceptors (Lipinski definition) is 2. The van der Waals surface area contributed by atoms with Gasteiger partial charge in [0.1, 0.15) is 12.4 Å². The summed E-state index contributed by atoms with van der Waals surface area (Å²) in [4.78, 5) is 0. The Morgan fingerprint density at radius 3 is 2.50 bits per heavy atom. The summed E-state index contributed by atoms with van der Waals surface area (Å²) in [5.41, 5.74) is 2.12. The molecule has 0 spiro atoms. The first-order chi connectivity index (χ1) is 8.72. The number of ether oxygens (including phenoxy) is 1. The van der Waals surface area contributed by atoms with Crippen LogP contribution in [0, 0.1) is 0 Å². The van der Waals surface area contributed by atoms with Crippen molar-refractivity contribution < 1.29 is 4.74 Å². The molecule has 1 aliphatic heterocycles. The zero-order valence-corrected chi connectivity index (χ0v) is 11.0. The third-order valence-corrected chi connectivity index (χ3v) is 3.44. The maximum absolute atomic E-state index is 5.93. The largest absolute Gasteiger partial charge is 0.489 e. The first-order valence-corrected chi connectivity index (χ1v) is 6.42. The van der Waals surface area contributed by atoms with Crippen LogP contribution in [0.2, 0.25) is 10.0 Å². The van der Waals surface area contributed by atoms with E-state index in [0.29, 0.717) is 11.6 Å². The van der Waals surface area contributed by atoms with Gasteiger partial charge < -0.3 is 10.1 Å². The Labute approximate surface area is 115 Å². The van der Waals surface area contributed by atoms with Crippen LogP contribution in [-0.4, -0.2) is 6.61 Å². The highest BCUT2D eigenvalue weighted by Crippen LogP contribution is 2.35. The molecule has 1 atom stereocenters. The van der Waals surface area contributed by atoms with E-state index in [1.54, 1.807) is 0 Å². The Kier molecular flexibility index (Phi) is 3.06. The molecule has 0 amide bonds. The Morgan fingerprint density at radius 2 is 1.72 bits per heavy atom. The van der Waals surface area contributed by atoms with Gasteiger partial charge in [-0.05, 0) is 29.8 Å². The molecule has 1 heterocycles. The molecule has 3 rings (SSSR count). The molecule has 18 heavy (non-hydrogen) atoms. The Hall–Kier alpha value is -1.38. The lowest BCUT2D eigenvalue weighted by atomic mass is 10.1. The van der Waals surface area contributed by atoms with E-state index in [9.17, 15) is 0 Å². The summed E-state index contributed by atoms with van der Waals surface area (Å²) in [6.45, 7) is 0.578. The third kappa shape index (κ3) is 2.26. The molecule has 1 aliphatic rings. The van der Waals surface area contributed by atoms with Gasteiger partial charge in [-0.3, -0.25) is 0 Å². The van der Waals surface area contributed by atoms with Crippen molar-refractivity contribution in [3.05, 3.63) is 58.1 Å². The second-order valence-corrected chi connectivity index (χ2v) is 5.07. The molecule has 0 fully saturated rings. The maximum atomic E-state index is 5.93. The molecular weight excluding hydrogens is 269 g/mol. The van der Waals surface area contributed by atoms with Gasteiger partial charge in [-0.2, -0.15) is 0 Å². The first kappa shape index (κ1) is 11.7. The monoisotopic (exact) mass is 279 g/mol. The van der Waals surface area contributed by atoms with Crippen molar-refractivity contribution in [2.75, 3.05) is 11.9 Å². The number of rotatable bonds is 1. The number of anilines is 1. The standard InChI is InChI=1S/C14H11Cl2NO/c15-10-3-1-9(2-4-10)13-8-18-14-7-11(16)5-6-12(14)17-13/h1-7,13,17H,8H2. The molecular formula is C14H11Cl2NO. The Bertz CT molecular complexity index is 569. The fraction of sp³-hybridized carbons (Fsp3) is 0.143. The van der Waals surface area contributed by atoms with Crippen LogP contribution in [0.4, 0.5) is 5.69 Å². The number of hydrogen-bond donors (Lipinski definition) is 1. The van der Waals surface area contributed by atoms with Crippen LogP contribution >= 0.6 is 23.2 Å². The fourth-order valence-electron chi connectivity index (χ4n) is 2.01. The van der Waals surface area contributed by atoms with Crippen molar-refractivity contribution >= 4 is 28.9 Å². The van der Waals surface area contributed by atoms with E-state index in [2.05, 4.69) is 5.32 Å². The van der Waals surface area contributed by atoms with E-state index < -0.39 is 0 Å². The molecule has 2 aromatic carbocycles. The van der Waals surface area contributed by atoms with Gasteiger partial charge >= 0.3 is 0 Å².